The molecule has 0 heterocycles. The fraction of sp³-hybridized carbons (Fsp3) is 0.200. The third-order valence-electron chi connectivity index (χ3n) is 3.83. The summed E-state index contributed by atoms with van der Waals surface area (Å²) in [6.45, 7) is -1.42. The van der Waals surface area contributed by atoms with Crippen molar-refractivity contribution in [2.24, 2.45) is 0 Å². The van der Waals surface area contributed by atoms with Crippen LogP contribution in [0.2, 0.25) is 0 Å². The second kappa shape index (κ2) is 10.8. The van der Waals surface area contributed by atoms with Crippen LogP contribution in [-0.4, -0.2) is 44.1 Å². The van der Waals surface area contributed by atoms with E-state index in [0.29, 0.717) is 11.4 Å². The van der Waals surface area contributed by atoms with Crippen molar-refractivity contribution in [2.45, 2.75) is 6.18 Å². The lowest BCUT2D eigenvalue weighted by molar-refractivity contribution is -0.147. The Morgan fingerprint density at radius 2 is 1.56 bits per heavy atom. The lowest BCUT2D eigenvalue weighted by Crippen LogP contribution is -2.38. The Bertz CT molecular complexity index is 976. The second-order valence-electron chi connectivity index (χ2n) is 6.15. The first-order valence-electron chi connectivity index (χ1n) is 8.94. The Hall–Kier alpha value is -4.09. The minimum absolute atomic E-state index is 0.0984. The fourth-order valence-electron chi connectivity index (χ4n) is 2.26. The van der Waals surface area contributed by atoms with Gasteiger partial charge in [-0.25, -0.2) is 4.79 Å². The van der Waals surface area contributed by atoms with E-state index in [2.05, 4.69) is 15.4 Å². The van der Waals surface area contributed by atoms with Gasteiger partial charge in [0.2, 0.25) is 0 Å². The minimum Gasteiger partial charge on any atom is -0.497 e. The molecule has 2 aromatic carbocycles. The third-order valence-corrected chi connectivity index (χ3v) is 3.83. The highest BCUT2D eigenvalue weighted by Crippen LogP contribution is 2.29. The zero-order chi connectivity index (χ0) is 23.7. The minimum atomic E-state index is -4.54. The van der Waals surface area contributed by atoms with Crippen LogP contribution in [-0.2, 0) is 20.5 Å². The van der Waals surface area contributed by atoms with Gasteiger partial charge in [-0.05, 0) is 48.5 Å². The van der Waals surface area contributed by atoms with Crippen molar-refractivity contribution in [3.05, 3.63) is 59.7 Å². The zero-order valence-corrected chi connectivity index (χ0v) is 16.6. The van der Waals surface area contributed by atoms with Crippen molar-refractivity contribution >= 4 is 29.5 Å². The van der Waals surface area contributed by atoms with Crippen LogP contribution in [0.1, 0.15) is 15.9 Å². The number of imide groups is 1. The second-order valence-corrected chi connectivity index (χ2v) is 6.15. The number of halogens is 3. The van der Waals surface area contributed by atoms with Gasteiger partial charge >= 0.3 is 18.2 Å². The average molecular weight is 453 g/mol. The Kier molecular flexibility index (Phi) is 8.16. The van der Waals surface area contributed by atoms with E-state index in [1.807, 2.05) is 5.32 Å². The standard InChI is InChI=1S/C20H18F3N3O6/c1-31-15-8-6-14(7-9-15)25-19(30)26-16(27)11-32-17(28)10-24-18(29)12-2-4-13(5-3-12)20(21,22)23/h2-9H,10-11H2,1H3,(H,24,29)(H2,25,26,27,30). The number of alkyl halides is 3. The van der Waals surface area contributed by atoms with Crippen LogP contribution in [0.5, 0.6) is 5.75 Å². The fourth-order valence-corrected chi connectivity index (χ4v) is 2.26. The molecule has 0 atom stereocenters. The molecule has 0 fully saturated rings. The van der Waals surface area contributed by atoms with Gasteiger partial charge in [-0.3, -0.25) is 19.7 Å². The van der Waals surface area contributed by atoms with Crippen molar-refractivity contribution in [1.29, 1.82) is 0 Å². The van der Waals surface area contributed by atoms with E-state index in [0.717, 1.165) is 24.3 Å². The highest BCUT2D eigenvalue weighted by molar-refractivity contribution is 6.02. The van der Waals surface area contributed by atoms with Gasteiger partial charge in [0.05, 0.1) is 12.7 Å². The molecule has 0 spiro atoms. The summed E-state index contributed by atoms with van der Waals surface area (Å²) >= 11 is 0. The molecule has 0 saturated heterocycles. The summed E-state index contributed by atoms with van der Waals surface area (Å²) in [5.74, 6) is -2.14. The molecule has 3 N–H and O–H groups in total. The smallest absolute Gasteiger partial charge is 0.416 e. The van der Waals surface area contributed by atoms with Gasteiger partial charge in [0.25, 0.3) is 11.8 Å². The third kappa shape index (κ3) is 7.63. The molecular formula is C20H18F3N3O6. The number of urea groups is 1. The zero-order valence-electron chi connectivity index (χ0n) is 16.6. The van der Waals surface area contributed by atoms with E-state index in [1.165, 1.54) is 7.11 Å². The maximum absolute atomic E-state index is 12.5. The van der Waals surface area contributed by atoms with Gasteiger partial charge in [0.1, 0.15) is 12.3 Å². The van der Waals surface area contributed by atoms with Gasteiger partial charge in [-0.1, -0.05) is 0 Å². The summed E-state index contributed by atoms with van der Waals surface area (Å²) in [4.78, 5) is 46.9. The van der Waals surface area contributed by atoms with Crippen LogP contribution < -0.4 is 20.7 Å². The van der Waals surface area contributed by atoms with Crippen molar-refractivity contribution < 1.29 is 41.8 Å². The van der Waals surface area contributed by atoms with Crippen LogP contribution in [0.25, 0.3) is 0 Å². The number of anilines is 1. The van der Waals surface area contributed by atoms with E-state index in [9.17, 15) is 32.3 Å². The molecule has 0 unspecified atom stereocenters. The van der Waals surface area contributed by atoms with Crippen LogP contribution in [0.3, 0.4) is 0 Å². The summed E-state index contributed by atoms with van der Waals surface area (Å²) in [5.41, 5.74) is -0.631. The van der Waals surface area contributed by atoms with Gasteiger partial charge in [0.15, 0.2) is 6.61 Å². The molecule has 0 aromatic heterocycles. The molecule has 32 heavy (non-hydrogen) atoms. The number of benzene rings is 2. The maximum atomic E-state index is 12.5. The summed E-state index contributed by atoms with van der Waals surface area (Å²) in [7, 11) is 1.48. The number of rotatable bonds is 7. The van der Waals surface area contributed by atoms with E-state index < -0.39 is 48.7 Å². The molecule has 0 aliphatic rings. The normalized spacial score (nSPS) is 10.6. The van der Waals surface area contributed by atoms with Crippen LogP contribution in [0.4, 0.5) is 23.7 Å². The first-order valence-corrected chi connectivity index (χ1v) is 8.94. The van der Waals surface area contributed by atoms with Gasteiger partial charge in [-0.2, -0.15) is 13.2 Å². The molecule has 4 amide bonds. The quantitative estimate of drug-likeness (QED) is 0.553. The highest BCUT2D eigenvalue weighted by atomic mass is 19.4. The number of esters is 1. The summed E-state index contributed by atoms with van der Waals surface area (Å²) in [5, 5.41) is 6.48. The number of hydrogen-bond donors (Lipinski definition) is 3. The number of nitrogens with one attached hydrogen (secondary N) is 3. The largest absolute Gasteiger partial charge is 0.497 e. The number of ether oxygens (including phenoxy) is 2. The van der Waals surface area contributed by atoms with Gasteiger partial charge in [0, 0.05) is 11.3 Å². The molecule has 0 radical (unpaired) electrons. The van der Waals surface area contributed by atoms with E-state index in [4.69, 9.17) is 4.74 Å². The van der Waals surface area contributed by atoms with Crippen molar-refractivity contribution in [1.82, 2.24) is 10.6 Å². The molecule has 2 aromatic rings. The summed E-state index contributed by atoms with van der Waals surface area (Å²) in [6, 6.07) is 8.80. The van der Waals surface area contributed by atoms with Crippen molar-refractivity contribution in [2.75, 3.05) is 25.6 Å². The van der Waals surface area contributed by atoms with Crippen LogP contribution >= 0.6 is 0 Å². The molecule has 0 saturated carbocycles. The number of hydrogen-bond acceptors (Lipinski definition) is 6. The maximum Gasteiger partial charge on any atom is 0.416 e. The summed E-state index contributed by atoms with van der Waals surface area (Å²) in [6.07, 6.45) is -4.54. The summed E-state index contributed by atoms with van der Waals surface area (Å²) < 4.78 is 47.1. The topological polar surface area (TPSA) is 123 Å². The van der Waals surface area contributed by atoms with Gasteiger partial charge < -0.3 is 20.1 Å². The Balaban J connectivity index is 1.70. The van der Waals surface area contributed by atoms with Crippen molar-refractivity contribution in [3.8, 4) is 5.75 Å². The van der Waals surface area contributed by atoms with Crippen molar-refractivity contribution in [3.63, 3.8) is 0 Å². The monoisotopic (exact) mass is 453 g/mol. The molecule has 12 heteroatoms. The Labute approximate surface area is 179 Å². The lowest BCUT2D eigenvalue weighted by Gasteiger charge is -2.09. The first kappa shape index (κ1) is 24.2. The lowest BCUT2D eigenvalue weighted by atomic mass is 10.1. The highest BCUT2D eigenvalue weighted by Gasteiger charge is 2.30. The van der Waals surface area contributed by atoms with E-state index in [-0.39, 0.29) is 5.56 Å². The van der Waals surface area contributed by atoms with Gasteiger partial charge in [-0.15, -0.1) is 0 Å². The average Bonchev–Trinajstić information content (AvgIpc) is 2.76. The molecule has 9 nitrogen and oxygen atoms in total. The molecular weight excluding hydrogens is 435 g/mol. The predicted molar refractivity (Wildman–Crippen MR) is 105 cm³/mol. The number of amides is 4. The number of carbonyl (C=O) groups excluding carboxylic acids is 4. The first-order chi connectivity index (χ1) is 15.1. The SMILES string of the molecule is COc1ccc(NC(=O)NC(=O)COC(=O)CNC(=O)c2ccc(C(F)(F)F)cc2)cc1. The van der Waals surface area contributed by atoms with E-state index >= 15 is 0 Å². The van der Waals surface area contributed by atoms with Crippen LogP contribution in [0, 0.1) is 0 Å². The Morgan fingerprint density at radius 3 is 2.12 bits per heavy atom. The van der Waals surface area contributed by atoms with Crippen LogP contribution in [0.15, 0.2) is 48.5 Å². The molecule has 0 aliphatic carbocycles. The number of methoxy groups -OCH3 is 1. The molecule has 0 bridgehead atoms. The molecule has 170 valence electrons. The Morgan fingerprint density at radius 1 is 0.938 bits per heavy atom. The molecule has 0 aliphatic heterocycles. The number of carbonyl (C=O) groups is 4. The van der Waals surface area contributed by atoms with E-state index in [1.54, 1.807) is 24.3 Å². The molecule has 2 rings (SSSR count). The predicted octanol–water partition coefficient (Wildman–Crippen LogP) is 2.34.